The van der Waals surface area contributed by atoms with Crippen molar-refractivity contribution < 1.29 is 0 Å². The van der Waals surface area contributed by atoms with E-state index in [0.717, 1.165) is 18.4 Å². The smallest absolute Gasteiger partial charge is 0.00988 e. The lowest BCUT2D eigenvalue weighted by molar-refractivity contribution is 0.277. The minimum atomic E-state index is 0.753. The van der Waals surface area contributed by atoms with Gasteiger partial charge in [0, 0.05) is 18.7 Å². The van der Waals surface area contributed by atoms with E-state index in [9.17, 15) is 0 Å². The Labute approximate surface area is 79.1 Å². The maximum Gasteiger partial charge on any atom is 0.00988 e. The average Bonchev–Trinajstić information content (AvgIpc) is 2.15. The number of rotatable bonds is 4. The average molecular weight is 189 g/mol. The van der Waals surface area contributed by atoms with Gasteiger partial charge in [0.1, 0.15) is 0 Å². The van der Waals surface area contributed by atoms with E-state index in [1.807, 2.05) is 0 Å². The Morgan fingerprint density at radius 1 is 1.58 bits per heavy atom. The van der Waals surface area contributed by atoms with Gasteiger partial charge in [-0.1, -0.05) is 6.92 Å². The molecular weight excluding hydrogens is 170 g/mol. The van der Waals surface area contributed by atoms with Crippen molar-refractivity contribution in [2.45, 2.75) is 19.8 Å². The van der Waals surface area contributed by atoms with Crippen molar-refractivity contribution in [3.63, 3.8) is 0 Å². The summed E-state index contributed by atoms with van der Waals surface area (Å²) in [4.78, 5) is 0. The fourth-order valence-corrected chi connectivity index (χ4v) is 2.12. The molecule has 4 N–H and O–H groups in total. The van der Waals surface area contributed by atoms with E-state index in [0.29, 0.717) is 0 Å². The molecule has 72 valence electrons. The van der Waals surface area contributed by atoms with Crippen molar-refractivity contribution in [2.24, 2.45) is 17.0 Å². The summed E-state index contributed by atoms with van der Waals surface area (Å²) < 4.78 is 3.12. The number of nitrogens with one attached hydrogen (secondary N) is 2. The molecule has 1 unspecified atom stereocenters. The van der Waals surface area contributed by atoms with Crippen molar-refractivity contribution in [1.82, 2.24) is 10.0 Å². The molecule has 0 aliphatic carbocycles. The molecule has 0 amide bonds. The van der Waals surface area contributed by atoms with Crippen LogP contribution in [0.25, 0.3) is 0 Å². The molecule has 0 aromatic heterocycles. The maximum absolute atomic E-state index is 5.30. The summed E-state index contributed by atoms with van der Waals surface area (Å²) in [6.45, 7) is 5.71. The molecule has 0 aromatic rings. The van der Waals surface area contributed by atoms with E-state index in [1.165, 1.54) is 38.1 Å². The normalized spacial score (nSPS) is 22.5. The van der Waals surface area contributed by atoms with Gasteiger partial charge in [-0.25, -0.2) is 0 Å². The Hall–Kier alpha value is 0.230. The van der Waals surface area contributed by atoms with Crippen LogP contribution in [0.3, 0.4) is 0 Å². The SMILES string of the molecule is CC(CNSN)C1CCNCC1. The highest BCUT2D eigenvalue weighted by Gasteiger charge is 2.18. The van der Waals surface area contributed by atoms with Gasteiger partial charge in [-0.3, -0.25) is 9.86 Å². The second-order valence-electron chi connectivity index (χ2n) is 3.53. The van der Waals surface area contributed by atoms with Crippen LogP contribution in [0.4, 0.5) is 0 Å². The van der Waals surface area contributed by atoms with Gasteiger partial charge in [0.25, 0.3) is 0 Å². The molecule has 1 saturated heterocycles. The third kappa shape index (κ3) is 3.31. The summed E-state index contributed by atoms with van der Waals surface area (Å²) in [6.07, 6.45) is 2.64. The fourth-order valence-electron chi connectivity index (χ4n) is 1.76. The minimum Gasteiger partial charge on any atom is -0.317 e. The first-order valence-electron chi connectivity index (χ1n) is 4.64. The molecular formula is C8H19N3S. The maximum atomic E-state index is 5.30. The Balaban J connectivity index is 2.15. The largest absolute Gasteiger partial charge is 0.317 e. The van der Waals surface area contributed by atoms with Crippen molar-refractivity contribution in [1.29, 1.82) is 0 Å². The van der Waals surface area contributed by atoms with Crippen LogP contribution < -0.4 is 15.2 Å². The fraction of sp³-hybridized carbons (Fsp3) is 1.00. The minimum absolute atomic E-state index is 0.753. The molecule has 0 bridgehead atoms. The lowest BCUT2D eigenvalue weighted by Gasteiger charge is -2.28. The molecule has 1 heterocycles. The molecule has 4 heteroatoms. The first-order valence-corrected chi connectivity index (χ1v) is 5.52. The molecule has 0 aromatic carbocycles. The van der Waals surface area contributed by atoms with Crippen LogP contribution in [0.2, 0.25) is 0 Å². The van der Waals surface area contributed by atoms with Crippen molar-refractivity contribution >= 4 is 12.1 Å². The lowest BCUT2D eigenvalue weighted by atomic mass is 9.86. The van der Waals surface area contributed by atoms with Crippen molar-refractivity contribution in [3.05, 3.63) is 0 Å². The molecule has 1 atom stereocenters. The van der Waals surface area contributed by atoms with Crippen LogP contribution in [0, 0.1) is 11.8 Å². The van der Waals surface area contributed by atoms with Gasteiger partial charge in [0.2, 0.25) is 0 Å². The summed E-state index contributed by atoms with van der Waals surface area (Å²) in [5.74, 6) is 1.63. The van der Waals surface area contributed by atoms with E-state index in [1.54, 1.807) is 0 Å². The van der Waals surface area contributed by atoms with Crippen LogP contribution in [-0.2, 0) is 0 Å². The highest BCUT2D eigenvalue weighted by Crippen LogP contribution is 2.20. The van der Waals surface area contributed by atoms with Crippen molar-refractivity contribution in [2.75, 3.05) is 19.6 Å². The standard InChI is InChI=1S/C8H19N3S/c1-7(6-11-12-9)8-2-4-10-5-3-8/h7-8,10-11H,2-6,9H2,1H3. The molecule has 1 aliphatic rings. The zero-order valence-corrected chi connectivity index (χ0v) is 8.49. The van der Waals surface area contributed by atoms with Crippen LogP contribution >= 0.6 is 12.1 Å². The van der Waals surface area contributed by atoms with Gasteiger partial charge >= 0.3 is 0 Å². The first-order chi connectivity index (χ1) is 5.84. The summed E-state index contributed by atoms with van der Waals surface area (Å²) in [5.41, 5.74) is 0. The Bertz CT molecular complexity index is 115. The predicted molar refractivity (Wildman–Crippen MR) is 54.5 cm³/mol. The molecule has 0 spiro atoms. The van der Waals surface area contributed by atoms with E-state index < -0.39 is 0 Å². The van der Waals surface area contributed by atoms with Crippen LogP contribution in [0.5, 0.6) is 0 Å². The molecule has 1 aliphatic heterocycles. The van der Waals surface area contributed by atoms with Crippen molar-refractivity contribution in [3.8, 4) is 0 Å². The molecule has 3 nitrogen and oxygen atoms in total. The van der Waals surface area contributed by atoms with Gasteiger partial charge in [-0.15, -0.1) is 0 Å². The highest BCUT2D eigenvalue weighted by atomic mass is 32.2. The van der Waals surface area contributed by atoms with E-state index in [2.05, 4.69) is 17.0 Å². The van der Waals surface area contributed by atoms with E-state index in [-0.39, 0.29) is 0 Å². The molecule has 1 fully saturated rings. The quantitative estimate of drug-likeness (QED) is 0.571. The van der Waals surface area contributed by atoms with Gasteiger partial charge < -0.3 is 5.32 Å². The molecule has 0 radical (unpaired) electrons. The monoisotopic (exact) mass is 189 g/mol. The number of piperidine rings is 1. The first kappa shape index (κ1) is 10.3. The number of hydrogen-bond donors (Lipinski definition) is 3. The third-order valence-corrected chi connectivity index (χ3v) is 3.01. The van der Waals surface area contributed by atoms with Gasteiger partial charge in [0.15, 0.2) is 0 Å². The molecule has 0 saturated carbocycles. The summed E-state index contributed by atoms with van der Waals surface area (Å²) in [6, 6.07) is 0. The third-order valence-electron chi connectivity index (χ3n) is 2.68. The van der Waals surface area contributed by atoms with Gasteiger partial charge in [-0.05, 0) is 37.8 Å². The summed E-state index contributed by atoms with van der Waals surface area (Å²) in [7, 11) is 0. The molecule has 12 heavy (non-hydrogen) atoms. The Kier molecular flexibility index (Phi) is 4.99. The second kappa shape index (κ2) is 5.80. The summed E-state index contributed by atoms with van der Waals surface area (Å²) in [5, 5.41) is 8.67. The zero-order chi connectivity index (χ0) is 8.81. The van der Waals surface area contributed by atoms with Crippen LogP contribution in [0.1, 0.15) is 19.8 Å². The van der Waals surface area contributed by atoms with Crippen LogP contribution in [-0.4, -0.2) is 19.6 Å². The summed E-state index contributed by atoms with van der Waals surface area (Å²) >= 11 is 1.23. The van der Waals surface area contributed by atoms with Gasteiger partial charge in [0.05, 0.1) is 0 Å². The lowest BCUT2D eigenvalue weighted by Crippen LogP contribution is -2.33. The predicted octanol–water partition coefficient (Wildman–Crippen LogP) is 0.734. The molecule has 1 rings (SSSR count). The Morgan fingerprint density at radius 3 is 2.83 bits per heavy atom. The van der Waals surface area contributed by atoms with Gasteiger partial charge in [-0.2, -0.15) is 0 Å². The highest BCUT2D eigenvalue weighted by molar-refractivity contribution is 7.95. The Morgan fingerprint density at radius 2 is 2.25 bits per heavy atom. The van der Waals surface area contributed by atoms with E-state index in [4.69, 9.17) is 5.14 Å². The topological polar surface area (TPSA) is 50.1 Å². The number of hydrogen-bond acceptors (Lipinski definition) is 4. The second-order valence-corrected chi connectivity index (χ2v) is 4.06. The van der Waals surface area contributed by atoms with E-state index >= 15 is 0 Å². The zero-order valence-electron chi connectivity index (χ0n) is 7.68. The number of nitrogens with two attached hydrogens (primary N) is 1. The van der Waals surface area contributed by atoms with Crippen LogP contribution in [0.15, 0.2) is 0 Å².